The van der Waals surface area contributed by atoms with Gasteiger partial charge in [0.15, 0.2) is 6.04 Å². The normalized spacial score (nSPS) is 18.2. The van der Waals surface area contributed by atoms with Crippen molar-refractivity contribution in [1.82, 2.24) is 10.6 Å². The smallest absolute Gasteiger partial charge is 0.480 e. The number of alkyl carbamates (subject to hydrolysis) is 1. The van der Waals surface area contributed by atoms with Crippen molar-refractivity contribution in [3.8, 4) is 0 Å². The first kappa shape index (κ1) is 28.7. The van der Waals surface area contributed by atoms with E-state index in [-0.39, 0.29) is 6.61 Å². The van der Waals surface area contributed by atoms with Crippen molar-refractivity contribution in [2.24, 2.45) is 0 Å². The minimum Gasteiger partial charge on any atom is -0.480 e. The highest BCUT2D eigenvalue weighted by atomic mass is 16.7. The molecule has 0 aromatic carbocycles. The van der Waals surface area contributed by atoms with Crippen molar-refractivity contribution in [3.05, 3.63) is 12.7 Å². The fourth-order valence-electron chi connectivity index (χ4n) is 3.82. The van der Waals surface area contributed by atoms with Crippen LogP contribution in [0.1, 0.15) is 85.0 Å². The first-order valence-corrected chi connectivity index (χ1v) is 12.0. The van der Waals surface area contributed by atoms with Crippen LogP contribution in [0.2, 0.25) is 0 Å². The third-order valence-electron chi connectivity index (χ3n) is 5.36. The van der Waals surface area contributed by atoms with Gasteiger partial charge in [0.1, 0.15) is 18.8 Å². The highest BCUT2D eigenvalue weighted by molar-refractivity contribution is 5.80. The predicted octanol–water partition coefficient (Wildman–Crippen LogP) is 4.54. The fourth-order valence-corrected chi connectivity index (χ4v) is 3.82. The molecule has 2 fully saturated rings. The van der Waals surface area contributed by atoms with Gasteiger partial charge in [-0.2, -0.15) is 0 Å². The molecule has 2 aliphatic carbocycles. The van der Waals surface area contributed by atoms with E-state index in [0.717, 1.165) is 12.1 Å². The lowest BCUT2D eigenvalue weighted by Gasteiger charge is -2.30. The molecule has 0 aromatic rings. The molecule has 1 amide bonds. The van der Waals surface area contributed by atoms with Gasteiger partial charge >= 0.3 is 18.2 Å². The molecule has 2 aliphatic rings. The van der Waals surface area contributed by atoms with Crippen LogP contribution < -0.4 is 10.6 Å². The number of ether oxygens (including phenoxy) is 3. The monoisotopic (exact) mass is 470 g/mol. The van der Waals surface area contributed by atoms with Crippen molar-refractivity contribution in [2.75, 3.05) is 13.2 Å². The molecular formula is C24H42N2O7. The Morgan fingerprint density at radius 1 is 0.970 bits per heavy atom. The summed E-state index contributed by atoms with van der Waals surface area (Å²) in [6.07, 6.45) is 13.9. The second kappa shape index (κ2) is 15.5. The Bertz CT molecular complexity index is 590. The molecule has 9 heteroatoms. The van der Waals surface area contributed by atoms with Gasteiger partial charge in [-0.25, -0.2) is 14.4 Å². The zero-order valence-corrected chi connectivity index (χ0v) is 20.4. The van der Waals surface area contributed by atoms with E-state index in [0.29, 0.717) is 0 Å². The molecule has 0 unspecified atom stereocenters. The van der Waals surface area contributed by atoms with Gasteiger partial charge in [0.25, 0.3) is 0 Å². The summed E-state index contributed by atoms with van der Waals surface area (Å²) >= 11 is 0. The maximum Gasteiger partial charge on any atom is 0.508 e. The largest absolute Gasteiger partial charge is 0.508 e. The van der Waals surface area contributed by atoms with E-state index in [2.05, 4.69) is 26.7 Å². The van der Waals surface area contributed by atoms with Gasteiger partial charge in [-0.05, 0) is 46.5 Å². The minimum absolute atomic E-state index is 0.0595. The number of carbonyl (C=O) groups is 3. The van der Waals surface area contributed by atoms with Crippen molar-refractivity contribution in [2.45, 2.75) is 109 Å². The number of amides is 1. The first-order valence-electron chi connectivity index (χ1n) is 12.0. The molecule has 2 saturated carbocycles. The summed E-state index contributed by atoms with van der Waals surface area (Å²) in [4.78, 5) is 33.3. The lowest BCUT2D eigenvalue weighted by Crippen LogP contribution is -2.46. The fraction of sp³-hybridized carbons (Fsp3) is 0.792. The molecule has 190 valence electrons. The summed E-state index contributed by atoms with van der Waals surface area (Å²) in [5.74, 6) is -1.37. The topological polar surface area (TPSA) is 123 Å². The number of carbonyl (C=O) groups excluding carboxylic acids is 2. The standard InChI is InChI=1S/C12H19NO7.C12H23N/c1-5-6-18-11(17)19-7-8(9(14)15)13-10(16)20-12(2,3)4;1-3-7-11(8-4-1)13-12-9-5-2-6-10-12/h5,8H,1,6-7H2,2-4H3,(H,13,16)(H,14,15);11-13H,1-10H2/t8-;/m0./s1. The molecule has 1 atom stereocenters. The average molecular weight is 471 g/mol. The van der Waals surface area contributed by atoms with Crippen molar-refractivity contribution >= 4 is 18.2 Å². The molecule has 0 aliphatic heterocycles. The Balaban J connectivity index is 0.000000357. The number of carboxylic acids is 1. The van der Waals surface area contributed by atoms with Crippen LogP contribution in [0.4, 0.5) is 9.59 Å². The Morgan fingerprint density at radius 3 is 1.91 bits per heavy atom. The number of rotatable bonds is 8. The number of hydrogen-bond acceptors (Lipinski definition) is 7. The van der Waals surface area contributed by atoms with Crippen LogP contribution in [0.3, 0.4) is 0 Å². The van der Waals surface area contributed by atoms with Gasteiger partial charge in [0, 0.05) is 12.1 Å². The zero-order chi connectivity index (χ0) is 24.7. The van der Waals surface area contributed by atoms with Crippen molar-refractivity contribution in [3.63, 3.8) is 0 Å². The summed E-state index contributed by atoms with van der Waals surface area (Å²) in [7, 11) is 0. The number of carboxylic acid groups (broad SMARTS) is 1. The van der Waals surface area contributed by atoms with Gasteiger partial charge in [-0.1, -0.05) is 51.2 Å². The van der Waals surface area contributed by atoms with Crippen LogP contribution in [-0.2, 0) is 19.0 Å². The minimum atomic E-state index is -1.43. The SMILES string of the molecule is C1CCC(NC2CCCCC2)CC1.C=CCOC(=O)OC[C@H](NC(=O)OC(C)(C)C)C(=O)O. The van der Waals surface area contributed by atoms with Crippen LogP contribution in [0.15, 0.2) is 12.7 Å². The Hall–Kier alpha value is -2.29. The lowest BCUT2D eigenvalue weighted by atomic mass is 9.91. The summed E-state index contributed by atoms with van der Waals surface area (Å²) in [5.41, 5.74) is -0.767. The van der Waals surface area contributed by atoms with E-state index in [1.54, 1.807) is 20.8 Å². The molecule has 33 heavy (non-hydrogen) atoms. The highest BCUT2D eigenvalue weighted by Gasteiger charge is 2.25. The van der Waals surface area contributed by atoms with Crippen LogP contribution in [0.5, 0.6) is 0 Å². The maximum absolute atomic E-state index is 11.4. The molecule has 0 radical (unpaired) electrons. The van der Waals surface area contributed by atoms with Gasteiger partial charge in [0.05, 0.1) is 0 Å². The Kier molecular flexibility index (Phi) is 13.5. The number of hydrogen-bond donors (Lipinski definition) is 3. The zero-order valence-electron chi connectivity index (χ0n) is 20.4. The summed E-state index contributed by atoms with van der Waals surface area (Å²) in [5, 5.41) is 14.8. The molecule has 0 bridgehead atoms. The summed E-state index contributed by atoms with van der Waals surface area (Å²) in [6.45, 7) is 7.58. The van der Waals surface area contributed by atoms with Crippen LogP contribution >= 0.6 is 0 Å². The third kappa shape index (κ3) is 14.5. The van der Waals surface area contributed by atoms with Crippen LogP contribution in [0, 0.1) is 0 Å². The second-order valence-corrected chi connectivity index (χ2v) is 9.53. The van der Waals surface area contributed by atoms with Crippen LogP contribution in [-0.4, -0.2) is 60.3 Å². The van der Waals surface area contributed by atoms with E-state index in [1.165, 1.54) is 70.3 Å². The average Bonchev–Trinajstić information content (AvgIpc) is 2.75. The molecule has 0 heterocycles. The first-order chi connectivity index (χ1) is 15.6. The van der Waals surface area contributed by atoms with E-state index in [4.69, 9.17) is 9.84 Å². The molecule has 0 spiro atoms. The molecule has 9 nitrogen and oxygen atoms in total. The van der Waals surface area contributed by atoms with E-state index in [9.17, 15) is 14.4 Å². The molecule has 3 N–H and O–H groups in total. The van der Waals surface area contributed by atoms with Crippen LogP contribution in [0.25, 0.3) is 0 Å². The Labute approximate surface area is 197 Å². The molecular weight excluding hydrogens is 428 g/mol. The second-order valence-electron chi connectivity index (χ2n) is 9.53. The van der Waals surface area contributed by atoms with Gasteiger partial charge in [-0.15, -0.1) is 0 Å². The van der Waals surface area contributed by atoms with E-state index in [1.807, 2.05) is 0 Å². The Morgan fingerprint density at radius 2 is 1.48 bits per heavy atom. The van der Waals surface area contributed by atoms with Gasteiger partial charge < -0.3 is 30.0 Å². The third-order valence-corrected chi connectivity index (χ3v) is 5.36. The van der Waals surface area contributed by atoms with E-state index < -0.39 is 36.5 Å². The van der Waals surface area contributed by atoms with Crippen molar-refractivity contribution in [1.29, 1.82) is 0 Å². The molecule has 2 rings (SSSR count). The number of aliphatic carboxylic acids is 1. The summed E-state index contributed by atoms with van der Waals surface area (Å²) < 4.78 is 13.9. The quantitative estimate of drug-likeness (QED) is 0.349. The lowest BCUT2D eigenvalue weighted by molar-refractivity contribution is -0.140. The predicted molar refractivity (Wildman–Crippen MR) is 125 cm³/mol. The highest BCUT2D eigenvalue weighted by Crippen LogP contribution is 2.22. The molecule has 0 aromatic heterocycles. The van der Waals surface area contributed by atoms with Gasteiger partial charge in [0.2, 0.25) is 0 Å². The van der Waals surface area contributed by atoms with E-state index >= 15 is 0 Å². The summed E-state index contributed by atoms with van der Waals surface area (Å²) in [6, 6.07) is 0.315. The number of nitrogens with one attached hydrogen (secondary N) is 2. The van der Waals surface area contributed by atoms with Gasteiger partial charge in [-0.3, -0.25) is 0 Å². The maximum atomic E-state index is 11.4. The molecule has 0 saturated heterocycles. The van der Waals surface area contributed by atoms with Crippen molar-refractivity contribution < 1.29 is 33.7 Å².